The van der Waals surface area contributed by atoms with Crippen LogP contribution < -0.4 is 4.74 Å². The number of halogens is 1. The van der Waals surface area contributed by atoms with Crippen molar-refractivity contribution in [3.63, 3.8) is 0 Å². The maximum Gasteiger partial charge on any atom is 0.347 e. The lowest BCUT2D eigenvalue weighted by molar-refractivity contribution is -0.151. The Labute approximate surface area is 153 Å². The van der Waals surface area contributed by atoms with E-state index in [-0.39, 0.29) is 11.5 Å². The molecular formula is C21H22FNO3. The topological polar surface area (TPSA) is 59.3 Å². The van der Waals surface area contributed by atoms with Gasteiger partial charge in [0.25, 0.3) is 0 Å². The average molecular weight is 355 g/mol. The highest BCUT2D eigenvalue weighted by molar-refractivity contribution is 5.75. The summed E-state index contributed by atoms with van der Waals surface area (Å²) < 4.78 is 24.6. The van der Waals surface area contributed by atoms with Gasteiger partial charge in [0.05, 0.1) is 12.2 Å². The smallest absolute Gasteiger partial charge is 0.347 e. The zero-order valence-electron chi connectivity index (χ0n) is 15.0. The van der Waals surface area contributed by atoms with Crippen LogP contribution in [0.1, 0.15) is 38.7 Å². The summed E-state index contributed by atoms with van der Waals surface area (Å²) in [6.07, 6.45) is 1.79. The van der Waals surface area contributed by atoms with Crippen LogP contribution in [0.3, 0.4) is 0 Å². The molecule has 4 nitrogen and oxygen atoms in total. The Hall–Kier alpha value is -2.87. The van der Waals surface area contributed by atoms with Gasteiger partial charge in [0, 0.05) is 0 Å². The Morgan fingerprint density at radius 3 is 2.42 bits per heavy atom. The fraction of sp³-hybridized carbons (Fsp3) is 0.333. The van der Waals surface area contributed by atoms with Crippen LogP contribution in [0, 0.1) is 17.1 Å². The summed E-state index contributed by atoms with van der Waals surface area (Å²) in [4.78, 5) is 12.0. The molecule has 0 aromatic heterocycles. The number of carbonyl (C=O) groups excluding carboxylic acids is 1. The van der Waals surface area contributed by atoms with Gasteiger partial charge in [-0.25, -0.2) is 9.18 Å². The maximum atomic E-state index is 13.8. The molecule has 0 aliphatic heterocycles. The van der Waals surface area contributed by atoms with E-state index < -0.39 is 11.9 Å². The number of rotatable bonds is 8. The standard InChI is InChI=1S/C21H22FNO3/c1-3-5-6-20(21(24)25-4-2)26-18-11-9-15(10-12-18)16-7-8-17(14-23)19(22)13-16/h7-13,20H,3-6H2,1-2H3. The average Bonchev–Trinajstić information content (AvgIpc) is 2.65. The molecule has 0 saturated heterocycles. The number of hydrogen-bond donors (Lipinski definition) is 0. The molecule has 0 radical (unpaired) electrons. The first-order chi connectivity index (χ1) is 12.6. The summed E-state index contributed by atoms with van der Waals surface area (Å²) in [5.41, 5.74) is 1.48. The highest BCUT2D eigenvalue weighted by atomic mass is 19.1. The number of benzene rings is 2. The minimum atomic E-state index is -0.631. The molecule has 0 amide bonds. The van der Waals surface area contributed by atoms with E-state index in [2.05, 4.69) is 0 Å². The summed E-state index contributed by atoms with van der Waals surface area (Å²) in [6.45, 7) is 4.13. The third-order valence-electron chi connectivity index (χ3n) is 3.92. The molecule has 0 fully saturated rings. The molecule has 26 heavy (non-hydrogen) atoms. The Kier molecular flexibility index (Phi) is 7.16. The largest absolute Gasteiger partial charge is 0.479 e. The van der Waals surface area contributed by atoms with Gasteiger partial charge in [-0.2, -0.15) is 5.26 Å². The van der Waals surface area contributed by atoms with Crippen LogP contribution in [0.4, 0.5) is 4.39 Å². The van der Waals surface area contributed by atoms with Crippen LogP contribution in [0.25, 0.3) is 11.1 Å². The molecule has 0 aliphatic rings. The van der Waals surface area contributed by atoms with Crippen molar-refractivity contribution in [2.45, 2.75) is 39.2 Å². The third kappa shape index (κ3) is 5.06. The zero-order chi connectivity index (χ0) is 18.9. The Balaban J connectivity index is 2.13. The fourth-order valence-electron chi connectivity index (χ4n) is 2.53. The van der Waals surface area contributed by atoms with Crippen LogP contribution >= 0.6 is 0 Å². The number of nitrogens with zero attached hydrogens (tertiary/aromatic N) is 1. The second-order valence-electron chi connectivity index (χ2n) is 5.83. The Morgan fingerprint density at radius 1 is 1.15 bits per heavy atom. The van der Waals surface area contributed by atoms with Gasteiger partial charge in [0.2, 0.25) is 0 Å². The van der Waals surface area contributed by atoms with Crippen molar-refractivity contribution in [2.24, 2.45) is 0 Å². The molecule has 2 aromatic carbocycles. The lowest BCUT2D eigenvalue weighted by Crippen LogP contribution is -2.29. The monoisotopic (exact) mass is 355 g/mol. The summed E-state index contributed by atoms with van der Waals surface area (Å²) >= 11 is 0. The number of nitriles is 1. The van der Waals surface area contributed by atoms with Gasteiger partial charge < -0.3 is 9.47 Å². The SMILES string of the molecule is CCCCC(Oc1ccc(-c2ccc(C#N)c(F)c2)cc1)C(=O)OCC. The molecule has 0 N–H and O–H groups in total. The Morgan fingerprint density at radius 2 is 1.85 bits per heavy atom. The van der Waals surface area contributed by atoms with Gasteiger partial charge in [-0.1, -0.05) is 31.5 Å². The number of ether oxygens (including phenoxy) is 2. The highest BCUT2D eigenvalue weighted by Gasteiger charge is 2.21. The van der Waals surface area contributed by atoms with Crippen molar-refractivity contribution >= 4 is 5.97 Å². The summed E-state index contributed by atoms with van der Waals surface area (Å²) in [5.74, 6) is -0.358. The van der Waals surface area contributed by atoms with E-state index in [1.165, 1.54) is 12.1 Å². The molecule has 0 heterocycles. The van der Waals surface area contributed by atoms with Crippen molar-refractivity contribution in [1.82, 2.24) is 0 Å². The van der Waals surface area contributed by atoms with Gasteiger partial charge in [-0.15, -0.1) is 0 Å². The number of hydrogen-bond acceptors (Lipinski definition) is 4. The molecule has 2 aromatic rings. The maximum absolute atomic E-state index is 13.8. The van der Waals surface area contributed by atoms with Crippen LogP contribution in [-0.2, 0) is 9.53 Å². The van der Waals surface area contributed by atoms with Crippen molar-refractivity contribution in [3.8, 4) is 22.9 Å². The van der Waals surface area contributed by atoms with Gasteiger partial charge in [0.15, 0.2) is 6.10 Å². The summed E-state index contributed by atoms with van der Waals surface area (Å²) in [7, 11) is 0. The van der Waals surface area contributed by atoms with Gasteiger partial charge in [-0.05, 0) is 55.2 Å². The molecule has 0 spiro atoms. The molecule has 136 valence electrons. The summed E-state index contributed by atoms with van der Waals surface area (Å²) in [6, 6.07) is 13.3. The van der Waals surface area contributed by atoms with E-state index in [9.17, 15) is 9.18 Å². The number of unbranched alkanes of at least 4 members (excludes halogenated alkanes) is 1. The molecule has 5 heteroatoms. The van der Waals surface area contributed by atoms with Crippen molar-refractivity contribution in [3.05, 3.63) is 53.8 Å². The second-order valence-corrected chi connectivity index (χ2v) is 5.83. The van der Waals surface area contributed by atoms with E-state index in [0.717, 1.165) is 18.4 Å². The normalized spacial score (nSPS) is 11.5. The molecule has 1 unspecified atom stereocenters. The molecular weight excluding hydrogens is 333 g/mol. The number of carbonyl (C=O) groups is 1. The van der Waals surface area contributed by atoms with Crippen LogP contribution in [-0.4, -0.2) is 18.7 Å². The van der Waals surface area contributed by atoms with Crippen molar-refractivity contribution in [2.75, 3.05) is 6.61 Å². The van der Waals surface area contributed by atoms with E-state index in [1.54, 1.807) is 43.3 Å². The first-order valence-corrected chi connectivity index (χ1v) is 8.72. The van der Waals surface area contributed by atoms with Crippen LogP contribution in [0.2, 0.25) is 0 Å². The first-order valence-electron chi connectivity index (χ1n) is 8.72. The van der Waals surface area contributed by atoms with E-state index >= 15 is 0 Å². The first kappa shape index (κ1) is 19.5. The third-order valence-corrected chi connectivity index (χ3v) is 3.92. The minimum absolute atomic E-state index is 0.0157. The van der Waals surface area contributed by atoms with Gasteiger partial charge in [0.1, 0.15) is 17.6 Å². The van der Waals surface area contributed by atoms with Crippen LogP contribution in [0.15, 0.2) is 42.5 Å². The predicted octanol–water partition coefficient (Wildman–Crippen LogP) is 4.87. The second kappa shape index (κ2) is 9.57. The minimum Gasteiger partial charge on any atom is -0.479 e. The van der Waals surface area contributed by atoms with E-state index in [0.29, 0.717) is 24.3 Å². The highest BCUT2D eigenvalue weighted by Crippen LogP contribution is 2.25. The van der Waals surface area contributed by atoms with Gasteiger partial charge >= 0.3 is 5.97 Å². The molecule has 2 rings (SSSR count). The lowest BCUT2D eigenvalue weighted by atomic mass is 10.0. The predicted molar refractivity (Wildman–Crippen MR) is 97.1 cm³/mol. The lowest BCUT2D eigenvalue weighted by Gasteiger charge is -2.17. The Bertz CT molecular complexity index is 781. The summed E-state index contributed by atoms with van der Waals surface area (Å²) in [5, 5.41) is 8.80. The quantitative estimate of drug-likeness (QED) is 0.634. The molecule has 0 aliphatic carbocycles. The van der Waals surface area contributed by atoms with Crippen molar-refractivity contribution < 1.29 is 18.7 Å². The zero-order valence-corrected chi connectivity index (χ0v) is 15.0. The molecule has 1 atom stereocenters. The number of esters is 1. The molecule has 0 saturated carbocycles. The molecule has 0 bridgehead atoms. The van der Waals surface area contributed by atoms with Gasteiger partial charge in [-0.3, -0.25) is 0 Å². The van der Waals surface area contributed by atoms with Crippen LogP contribution in [0.5, 0.6) is 5.75 Å². The van der Waals surface area contributed by atoms with E-state index in [1.807, 2.05) is 6.92 Å². The van der Waals surface area contributed by atoms with Crippen molar-refractivity contribution in [1.29, 1.82) is 5.26 Å². The van der Waals surface area contributed by atoms with E-state index in [4.69, 9.17) is 14.7 Å². The fourth-order valence-corrected chi connectivity index (χ4v) is 2.53.